The molecule has 2 aromatic rings. The van der Waals surface area contributed by atoms with E-state index in [1.807, 2.05) is 0 Å². The predicted octanol–water partition coefficient (Wildman–Crippen LogP) is 1.40. The van der Waals surface area contributed by atoms with Gasteiger partial charge in [0.05, 0.1) is 11.5 Å². The summed E-state index contributed by atoms with van der Waals surface area (Å²) in [6.07, 6.45) is 0. The second-order valence-corrected chi connectivity index (χ2v) is 7.82. The van der Waals surface area contributed by atoms with Crippen molar-refractivity contribution in [1.82, 2.24) is 4.72 Å². The monoisotopic (exact) mass is 422 g/mol. The zero-order valence-corrected chi connectivity index (χ0v) is 16.7. The number of nitrogens with one attached hydrogen (secondary N) is 2. The Morgan fingerprint density at radius 1 is 1.07 bits per heavy atom. The first-order valence-electron chi connectivity index (χ1n) is 8.89. The van der Waals surface area contributed by atoms with Gasteiger partial charge < -0.3 is 24.3 Å². The summed E-state index contributed by atoms with van der Waals surface area (Å²) in [6.45, 7) is 1.18. The first kappa shape index (κ1) is 20.9. The predicted molar refractivity (Wildman–Crippen MR) is 105 cm³/mol. The van der Waals surface area contributed by atoms with Gasteiger partial charge >= 0.3 is 0 Å². The summed E-state index contributed by atoms with van der Waals surface area (Å²) < 4.78 is 47.8. The van der Waals surface area contributed by atoms with Gasteiger partial charge in [0.25, 0.3) is 5.91 Å². The lowest BCUT2D eigenvalue weighted by Crippen LogP contribution is -2.27. The second-order valence-electron chi connectivity index (χ2n) is 6.06. The number of carbonyl (C=O) groups is 1. The standard InChI is InChI=1S/C19H22N2O7S/c1-25-9-8-20-29(23,24)16-5-3-15(4-6-16)28-13-19(22)21-14-2-7-17-18(12-14)27-11-10-26-17/h2-7,12,20H,8-11,13H2,1H3,(H,21,22). The number of carbonyl (C=O) groups excluding carboxylic acids is 1. The van der Waals surface area contributed by atoms with Gasteiger partial charge in [0.2, 0.25) is 10.0 Å². The van der Waals surface area contributed by atoms with Crippen LogP contribution in [-0.2, 0) is 19.6 Å². The van der Waals surface area contributed by atoms with E-state index in [1.54, 1.807) is 18.2 Å². The van der Waals surface area contributed by atoms with Crippen LogP contribution in [0.2, 0.25) is 0 Å². The van der Waals surface area contributed by atoms with E-state index in [0.717, 1.165) is 0 Å². The fraction of sp³-hybridized carbons (Fsp3) is 0.316. The second kappa shape index (κ2) is 9.59. The highest BCUT2D eigenvalue weighted by Gasteiger charge is 2.14. The molecule has 0 aliphatic carbocycles. The number of hydrogen-bond acceptors (Lipinski definition) is 7. The molecule has 0 saturated heterocycles. The zero-order chi connectivity index (χ0) is 20.7. The van der Waals surface area contributed by atoms with E-state index in [4.69, 9.17) is 18.9 Å². The summed E-state index contributed by atoms with van der Waals surface area (Å²) >= 11 is 0. The molecule has 29 heavy (non-hydrogen) atoms. The van der Waals surface area contributed by atoms with Gasteiger partial charge in [0, 0.05) is 25.4 Å². The van der Waals surface area contributed by atoms with Crippen molar-refractivity contribution in [3.63, 3.8) is 0 Å². The van der Waals surface area contributed by atoms with E-state index in [1.165, 1.54) is 31.4 Å². The van der Waals surface area contributed by atoms with Crippen molar-refractivity contribution < 1.29 is 32.2 Å². The average molecular weight is 422 g/mol. The molecule has 0 aromatic heterocycles. The zero-order valence-electron chi connectivity index (χ0n) is 15.8. The molecule has 0 atom stereocenters. The van der Waals surface area contributed by atoms with Crippen molar-refractivity contribution in [3.8, 4) is 17.2 Å². The van der Waals surface area contributed by atoms with Gasteiger partial charge in [0.15, 0.2) is 18.1 Å². The van der Waals surface area contributed by atoms with Gasteiger partial charge in [-0.2, -0.15) is 0 Å². The van der Waals surface area contributed by atoms with E-state index in [-0.39, 0.29) is 30.6 Å². The smallest absolute Gasteiger partial charge is 0.262 e. The minimum absolute atomic E-state index is 0.0988. The molecule has 2 N–H and O–H groups in total. The number of fused-ring (bicyclic) bond motifs is 1. The summed E-state index contributed by atoms with van der Waals surface area (Å²) in [7, 11) is -2.13. The van der Waals surface area contributed by atoms with Crippen LogP contribution >= 0.6 is 0 Å². The average Bonchev–Trinajstić information content (AvgIpc) is 2.72. The number of sulfonamides is 1. The summed E-state index contributed by atoms with van der Waals surface area (Å²) in [4.78, 5) is 12.2. The topological polar surface area (TPSA) is 112 Å². The number of benzene rings is 2. The van der Waals surface area contributed by atoms with Gasteiger partial charge in [-0.25, -0.2) is 13.1 Å². The molecule has 156 valence electrons. The Morgan fingerprint density at radius 3 is 2.52 bits per heavy atom. The molecule has 1 aliphatic heterocycles. The van der Waals surface area contributed by atoms with Crippen molar-refractivity contribution in [3.05, 3.63) is 42.5 Å². The van der Waals surface area contributed by atoms with Crippen LogP contribution in [0.15, 0.2) is 47.4 Å². The highest BCUT2D eigenvalue weighted by molar-refractivity contribution is 7.89. The van der Waals surface area contributed by atoms with Crippen LogP contribution < -0.4 is 24.2 Å². The van der Waals surface area contributed by atoms with Crippen LogP contribution in [-0.4, -0.2) is 54.4 Å². The number of methoxy groups -OCH3 is 1. The minimum atomic E-state index is -3.62. The summed E-state index contributed by atoms with van der Waals surface area (Å²) in [5, 5.41) is 2.71. The Balaban J connectivity index is 1.51. The van der Waals surface area contributed by atoms with E-state index in [2.05, 4.69) is 10.0 Å². The van der Waals surface area contributed by atoms with Gasteiger partial charge in [-0.1, -0.05) is 0 Å². The summed E-state index contributed by atoms with van der Waals surface area (Å²) in [5.41, 5.74) is 0.562. The molecule has 1 aliphatic rings. The van der Waals surface area contributed by atoms with Crippen molar-refractivity contribution in [1.29, 1.82) is 0 Å². The van der Waals surface area contributed by atoms with Crippen molar-refractivity contribution in [2.75, 3.05) is 45.4 Å². The lowest BCUT2D eigenvalue weighted by atomic mass is 10.2. The van der Waals surface area contributed by atoms with E-state index < -0.39 is 10.0 Å². The molecule has 0 radical (unpaired) electrons. The van der Waals surface area contributed by atoms with Gasteiger partial charge in [-0.3, -0.25) is 4.79 Å². The van der Waals surface area contributed by atoms with Gasteiger partial charge in [-0.15, -0.1) is 0 Å². The van der Waals surface area contributed by atoms with Crippen molar-refractivity contribution in [2.24, 2.45) is 0 Å². The number of anilines is 1. The first-order valence-corrected chi connectivity index (χ1v) is 10.4. The number of amides is 1. The lowest BCUT2D eigenvalue weighted by molar-refractivity contribution is -0.118. The Kier molecular flexibility index (Phi) is 6.91. The Morgan fingerprint density at radius 2 is 1.79 bits per heavy atom. The Bertz CT molecular complexity index is 946. The molecular formula is C19H22N2O7S. The molecule has 0 saturated carbocycles. The van der Waals surface area contributed by atoms with E-state index in [0.29, 0.717) is 36.1 Å². The van der Waals surface area contributed by atoms with Crippen LogP contribution in [0, 0.1) is 0 Å². The maximum absolute atomic E-state index is 12.1. The van der Waals surface area contributed by atoms with Gasteiger partial charge in [-0.05, 0) is 36.4 Å². The van der Waals surface area contributed by atoms with E-state index in [9.17, 15) is 13.2 Å². The van der Waals surface area contributed by atoms with E-state index >= 15 is 0 Å². The Labute approximate surface area is 169 Å². The number of hydrogen-bond donors (Lipinski definition) is 2. The molecule has 9 nitrogen and oxygen atoms in total. The maximum atomic E-state index is 12.1. The molecule has 0 bridgehead atoms. The molecule has 0 unspecified atom stereocenters. The Hall–Kier alpha value is -2.82. The van der Waals surface area contributed by atoms with Crippen molar-refractivity contribution >= 4 is 21.6 Å². The molecule has 10 heteroatoms. The molecular weight excluding hydrogens is 400 g/mol. The summed E-state index contributed by atoms with van der Waals surface area (Å²) in [6, 6.07) is 10.9. The lowest BCUT2D eigenvalue weighted by Gasteiger charge is -2.19. The minimum Gasteiger partial charge on any atom is -0.486 e. The number of rotatable bonds is 9. The highest BCUT2D eigenvalue weighted by Crippen LogP contribution is 2.32. The molecule has 1 heterocycles. The number of ether oxygens (including phenoxy) is 4. The van der Waals surface area contributed by atoms with Crippen LogP contribution in [0.1, 0.15) is 0 Å². The largest absolute Gasteiger partial charge is 0.486 e. The first-order chi connectivity index (χ1) is 14.0. The highest BCUT2D eigenvalue weighted by atomic mass is 32.2. The van der Waals surface area contributed by atoms with Gasteiger partial charge in [0.1, 0.15) is 19.0 Å². The maximum Gasteiger partial charge on any atom is 0.262 e. The molecule has 0 fully saturated rings. The molecule has 3 rings (SSSR count). The molecule has 0 spiro atoms. The third kappa shape index (κ3) is 5.83. The molecule has 1 amide bonds. The SMILES string of the molecule is COCCNS(=O)(=O)c1ccc(OCC(=O)Nc2ccc3c(c2)OCCO3)cc1. The molecule has 2 aromatic carbocycles. The van der Waals surface area contributed by atoms with Crippen LogP contribution in [0.5, 0.6) is 17.2 Å². The third-order valence-corrected chi connectivity index (χ3v) is 5.41. The normalized spacial score (nSPS) is 13.0. The quantitative estimate of drug-likeness (QED) is 0.588. The summed E-state index contributed by atoms with van der Waals surface area (Å²) in [5.74, 6) is 1.22. The fourth-order valence-electron chi connectivity index (χ4n) is 2.54. The third-order valence-electron chi connectivity index (χ3n) is 3.93. The van der Waals surface area contributed by atoms with Crippen LogP contribution in [0.3, 0.4) is 0 Å². The van der Waals surface area contributed by atoms with Crippen molar-refractivity contribution in [2.45, 2.75) is 4.90 Å². The van der Waals surface area contributed by atoms with Crippen LogP contribution in [0.25, 0.3) is 0 Å². The van der Waals surface area contributed by atoms with Crippen LogP contribution in [0.4, 0.5) is 5.69 Å². The fourth-order valence-corrected chi connectivity index (χ4v) is 3.56.